The molecule has 2 aliphatic heterocycles. The Kier molecular flexibility index (Phi) is 5.02. The van der Waals surface area contributed by atoms with Crippen LogP contribution in [-0.2, 0) is 9.59 Å². The zero-order valence-electron chi connectivity index (χ0n) is 15.7. The quantitative estimate of drug-likeness (QED) is 0.751. The van der Waals surface area contributed by atoms with Crippen LogP contribution in [0.1, 0.15) is 18.9 Å². The second-order valence-electron chi connectivity index (χ2n) is 6.70. The lowest BCUT2D eigenvalue weighted by Crippen LogP contribution is -2.44. The molecule has 0 spiro atoms. The highest BCUT2D eigenvalue weighted by molar-refractivity contribution is 6.03. The number of nitrogens with zero attached hydrogens (tertiary/aromatic N) is 2. The molecule has 0 radical (unpaired) electrons. The molecule has 0 bridgehead atoms. The normalized spacial score (nSPS) is 18.1. The molecule has 144 valence electrons. The van der Waals surface area contributed by atoms with Gasteiger partial charge in [0.25, 0.3) is 0 Å². The fraction of sp³-hybridized carbons (Fsp3) is 0.273. The van der Waals surface area contributed by atoms with E-state index >= 15 is 0 Å². The molecule has 0 aliphatic carbocycles. The number of likely N-dealkylation sites (N-methyl/N-ethyl adjacent to an activating group) is 1. The van der Waals surface area contributed by atoms with E-state index in [0.29, 0.717) is 31.0 Å². The van der Waals surface area contributed by atoms with E-state index in [0.717, 1.165) is 11.3 Å². The summed E-state index contributed by atoms with van der Waals surface area (Å²) in [5.74, 6) is 1.17. The van der Waals surface area contributed by atoms with Crippen LogP contribution in [0.2, 0.25) is 0 Å². The first kappa shape index (κ1) is 18.1. The first-order valence-electron chi connectivity index (χ1n) is 9.42. The standard InChI is InChI=1S/C22H22N2O4/c1-2-23(18-12-13-24(22(18)26)17-6-4-3-5-7-17)21(25)11-9-16-8-10-19-20(14-16)28-15-27-19/h3-11,14,18H,2,12-13,15H2,1H3/b11-9+. The van der Waals surface area contributed by atoms with Crippen molar-refractivity contribution in [3.8, 4) is 11.5 Å². The molecule has 1 atom stereocenters. The van der Waals surface area contributed by atoms with E-state index in [1.165, 1.54) is 6.08 Å². The number of fused-ring (bicyclic) bond motifs is 1. The molecule has 0 N–H and O–H groups in total. The minimum atomic E-state index is -0.431. The molecule has 1 saturated heterocycles. The van der Waals surface area contributed by atoms with E-state index in [-0.39, 0.29) is 18.6 Å². The zero-order chi connectivity index (χ0) is 19.5. The average Bonchev–Trinajstić information content (AvgIpc) is 3.34. The van der Waals surface area contributed by atoms with E-state index in [4.69, 9.17) is 9.47 Å². The van der Waals surface area contributed by atoms with Crippen molar-refractivity contribution in [2.75, 3.05) is 24.8 Å². The molecular formula is C22H22N2O4. The Labute approximate surface area is 164 Å². The third-order valence-electron chi connectivity index (χ3n) is 5.06. The Morgan fingerprint density at radius 1 is 1.18 bits per heavy atom. The fourth-order valence-electron chi connectivity index (χ4n) is 3.63. The van der Waals surface area contributed by atoms with Gasteiger partial charge >= 0.3 is 0 Å². The Morgan fingerprint density at radius 2 is 1.96 bits per heavy atom. The predicted molar refractivity (Wildman–Crippen MR) is 106 cm³/mol. The van der Waals surface area contributed by atoms with Gasteiger partial charge in [-0.3, -0.25) is 9.59 Å². The largest absolute Gasteiger partial charge is 0.454 e. The number of carbonyl (C=O) groups excluding carboxylic acids is 2. The van der Waals surface area contributed by atoms with Gasteiger partial charge in [0.2, 0.25) is 18.6 Å². The third kappa shape index (κ3) is 3.45. The zero-order valence-corrected chi connectivity index (χ0v) is 15.7. The van der Waals surface area contributed by atoms with E-state index < -0.39 is 6.04 Å². The van der Waals surface area contributed by atoms with Crippen LogP contribution >= 0.6 is 0 Å². The smallest absolute Gasteiger partial charge is 0.249 e. The number of benzene rings is 2. The van der Waals surface area contributed by atoms with Crippen LogP contribution in [0.4, 0.5) is 5.69 Å². The monoisotopic (exact) mass is 378 g/mol. The average molecular weight is 378 g/mol. The number of anilines is 1. The van der Waals surface area contributed by atoms with E-state index in [1.807, 2.05) is 55.5 Å². The molecule has 6 nitrogen and oxygen atoms in total. The maximum Gasteiger partial charge on any atom is 0.249 e. The summed E-state index contributed by atoms with van der Waals surface area (Å²) in [6.07, 6.45) is 3.88. The third-order valence-corrected chi connectivity index (χ3v) is 5.06. The van der Waals surface area contributed by atoms with Gasteiger partial charge in [0, 0.05) is 24.9 Å². The van der Waals surface area contributed by atoms with E-state index in [2.05, 4.69) is 0 Å². The number of carbonyl (C=O) groups is 2. The molecular weight excluding hydrogens is 356 g/mol. The predicted octanol–water partition coefficient (Wildman–Crippen LogP) is 3.08. The number of hydrogen-bond acceptors (Lipinski definition) is 4. The number of para-hydroxylation sites is 1. The summed E-state index contributed by atoms with van der Waals surface area (Å²) < 4.78 is 10.7. The van der Waals surface area contributed by atoms with Crippen LogP contribution in [0.3, 0.4) is 0 Å². The lowest BCUT2D eigenvalue weighted by molar-refractivity contribution is -0.134. The molecule has 2 aromatic carbocycles. The number of amides is 2. The van der Waals surface area contributed by atoms with E-state index in [1.54, 1.807) is 15.9 Å². The van der Waals surface area contributed by atoms with Crippen molar-refractivity contribution in [2.45, 2.75) is 19.4 Å². The van der Waals surface area contributed by atoms with Gasteiger partial charge < -0.3 is 19.3 Å². The van der Waals surface area contributed by atoms with Gasteiger partial charge in [-0.1, -0.05) is 24.3 Å². The van der Waals surface area contributed by atoms with Crippen molar-refractivity contribution in [1.29, 1.82) is 0 Å². The highest BCUT2D eigenvalue weighted by Crippen LogP contribution is 2.33. The van der Waals surface area contributed by atoms with Crippen LogP contribution in [0, 0.1) is 0 Å². The maximum absolute atomic E-state index is 12.9. The van der Waals surface area contributed by atoms with Crippen molar-refractivity contribution in [3.63, 3.8) is 0 Å². The number of ether oxygens (including phenoxy) is 2. The molecule has 0 aromatic heterocycles. The number of rotatable bonds is 5. The first-order chi connectivity index (χ1) is 13.7. The minimum Gasteiger partial charge on any atom is -0.454 e. The second-order valence-corrected chi connectivity index (χ2v) is 6.70. The van der Waals surface area contributed by atoms with Gasteiger partial charge in [-0.2, -0.15) is 0 Å². The molecule has 2 aromatic rings. The Hall–Kier alpha value is -3.28. The summed E-state index contributed by atoms with van der Waals surface area (Å²) in [7, 11) is 0. The van der Waals surface area contributed by atoms with Gasteiger partial charge in [0.1, 0.15) is 6.04 Å². The summed E-state index contributed by atoms with van der Waals surface area (Å²) in [5.41, 5.74) is 1.71. The van der Waals surface area contributed by atoms with Gasteiger partial charge in [-0.25, -0.2) is 0 Å². The number of hydrogen-bond donors (Lipinski definition) is 0. The van der Waals surface area contributed by atoms with Crippen molar-refractivity contribution in [3.05, 3.63) is 60.2 Å². The van der Waals surface area contributed by atoms with Gasteiger partial charge in [-0.15, -0.1) is 0 Å². The molecule has 4 rings (SSSR count). The van der Waals surface area contributed by atoms with Crippen molar-refractivity contribution >= 4 is 23.6 Å². The molecule has 6 heteroatoms. The van der Waals surface area contributed by atoms with Crippen molar-refractivity contribution < 1.29 is 19.1 Å². The topological polar surface area (TPSA) is 59.1 Å². The van der Waals surface area contributed by atoms with Gasteiger partial charge in [0.15, 0.2) is 11.5 Å². The molecule has 1 fully saturated rings. The highest BCUT2D eigenvalue weighted by atomic mass is 16.7. The van der Waals surface area contributed by atoms with Crippen LogP contribution in [0.5, 0.6) is 11.5 Å². The Balaban J connectivity index is 1.46. The lowest BCUT2D eigenvalue weighted by atomic mass is 10.1. The molecule has 1 unspecified atom stereocenters. The van der Waals surface area contributed by atoms with Crippen LogP contribution in [0.15, 0.2) is 54.6 Å². The summed E-state index contributed by atoms with van der Waals surface area (Å²) in [4.78, 5) is 29.0. The van der Waals surface area contributed by atoms with Crippen molar-refractivity contribution in [2.24, 2.45) is 0 Å². The highest BCUT2D eigenvalue weighted by Gasteiger charge is 2.37. The Bertz CT molecular complexity index is 910. The molecule has 2 amide bonds. The van der Waals surface area contributed by atoms with Crippen LogP contribution < -0.4 is 14.4 Å². The van der Waals surface area contributed by atoms with Gasteiger partial charge in [0.05, 0.1) is 0 Å². The summed E-state index contributed by atoms with van der Waals surface area (Å²) in [5, 5.41) is 0. The SMILES string of the molecule is CCN(C(=O)/C=C/c1ccc2c(c1)OCO2)C1CCN(c2ccccc2)C1=O. The molecule has 2 aliphatic rings. The summed E-state index contributed by atoms with van der Waals surface area (Å²) in [6, 6.07) is 14.7. The second kappa shape index (κ2) is 7.76. The van der Waals surface area contributed by atoms with Crippen molar-refractivity contribution in [1.82, 2.24) is 4.90 Å². The molecule has 2 heterocycles. The summed E-state index contributed by atoms with van der Waals surface area (Å²) in [6.45, 7) is 3.20. The molecule has 0 saturated carbocycles. The lowest BCUT2D eigenvalue weighted by Gasteiger charge is -2.25. The van der Waals surface area contributed by atoms with Crippen LogP contribution in [0.25, 0.3) is 6.08 Å². The van der Waals surface area contributed by atoms with Crippen LogP contribution in [-0.4, -0.2) is 42.6 Å². The Morgan fingerprint density at radius 3 is 2.75 bits per heavy atom. The fourth-order valence-corrected chi connectivity index (χ4v) is 3.63. The minimum absolute atomic E-state index is 0.0297. The van der Waals surface area contributed by atoms with E-state index in [9.17, 15) is 9.59 Å². The molecule has 28 heavy (non-hydrogen) atoms. The first-order valence-corrected chi connectivity index (χ1v) is 9.42. The maximum atomic E-state index is 12.9. The van der Waals surface area contributed by atoms with Gasteiger partial charge in [-0.05, 0) is 49.2 Å². The summed E-state index contributed by atoms with van der Waals surface area (Å²) >= 11 is 0.